The zero-order valence-electron chi connectivity index (χ0n) is 8.58. The Morgan fingerprint density at radius 2 is 2.12 bits per heavy atom. The van der Waals surface area contributed by atoms with E-state index in [-0.39, 0.29) is 17.9 Å². The molecule has 3 nitrogen and oxygen atoms in total. The Kier molecular flexibility index (Phi) is 3.77. The Bertz CT molecular complexity index is 369. The van der Waals surface area contributed by atoms with Crippen LogP contribution in [0.5, 0.6) is 5.75 Å². The Morgan fingerprint density at radius 3 is 2.56 bits per heavy atom. The van der Waals surface area contributed by atoms with Crippen LogP contribution in [0.4, 0.5) is 13.2 Å². The molecule has 3 N–H and O–H groups in total. The van der Waals surface area contributed by atoms with Gasteiger partial charge in [-0.1, -0.05) is 0 Å². The van der Waals surface area contributed by atoms with E-state index in [1.54, 1.807) is 0 Å². The van der Waals surface area contributed by atoms with Gasteiger partial charge in [0.1, 0.15) is 17.2 Å². The van der Waals surface area contributed by atoms with Gasteiger partial charge < -0.3 is 15.6 Å². The zero-order valence-corrected chi connectivity index (χ0v) is 8.58. The number of hydrogen-bond acceptors (Lipinski definition) is 3. The van der Waals surface area contributed by atoms with E-state index >= 15 is 0 Å². The molecule has 0 aliphatic rings. The van der Waals surface area contributed by atoms with Crippen molar-refractivity contribution in [2.24, 2.45) is 5.73 Å². The van der Waals surface area contributed by atoms with Gasteiger partial charge in [0.15, 0.2) is 0 Å². The van der Waals surface area contributed by atoms with E-state index in [0.717, 1.165) is 12.1 Å². The second-order valence-corrected chi connectivity index (χ2v) is 3.50. The van der Waals surface area contributed by atoms with Gasteiger partial charge in [0, 0.05) is 18.2 Å². The van der Waals surface area contributed by atoms with Crippen LogP contribution in [0.2, 0.25) is 0 Å². The first kappa shape index (κ1) is 12.8. The monoisotopic (exact) mass is 235 g/mol. The van der Waals surface area contributed by atoms with Crippen molar-refractivity contribution in [3.8, 4) is 5.75 Å². The highest BCUT2D eigenvalue weighted by molar-refractivity contribution is 5.32. The number of benzene rings is 1. The summed E-state index contributed by atoms with van der Waals surface area (Å²) in [6.07, 6.45) is 0. The summed E-state index contributed by atoms with van der Waals surface area (Å²) in [7, 11) is 0. The zero-order chi connectivity index (χ0) is 12.3. The second-order valence-electron chi connectivity index (χ2n) is 3.50. The average molecular weight is 235 g/mol. The van der Waals surface area contributed by atoms with Gasteiger partial charge in [-0.2, -0.15) is 8.78 Å². The molecule has 0 spiro atoms. The summed E-state index contributed by atoms with van der Waals surface area (Å²) in [4.78, 5) is 0. The number of ether oxygens (including phenoxy) is 1. The Labute approximate surface area is 90.6 Å². The third kappa shape index (κ3) is 2.86. The maximum atomic E-state index is 13.4. The summed E-state index contributed by atoms with van der Waals surface area (Å²) in [5, 5.41) is 9.69. The minimum Gasteiger partial charge on any atom is -0.435 e. The Hall–Kier alpha value is -1.27. The lowest BCUT2D eigenvalue weighted by Crippen LogP contribution is -2.32. The molecule has 90 valence electrons. The minimum atomic E-state index is -3.01. The van der Waals surface area contributed by atoms with Crippen LogP contribution in [0.1, 0.15) is 12.5 Å². The predicted molar refractivity (Wildman–Crippen MR) is 51.7 cm³/mol. The highest BCUT2D eigenvalue weighted by Gasteiger charge is 2.25. The van der Waals surface area contributed by atoms with Crippen LogP contribution in [0.25, 0.3) is 0 Å². The van der Waals surface area contributed by atoms with E-state index in [4.69, 9.17) is 5.73 Å². The number of rotatable bonds is 4. The van der Waals surface area contributed by atoms with E-state index in [2.05, 4.69) is 4.74 Å². The average Bonchev–Trinajstić information content (AvgIpc) is 2.16. The minimum absolute atomic E-state index is 0.0587. The molecule has 0 aliphatic heterocycles. The summed E-state index contributed by atoms with van der Waals surface area (Å²) >= 11 is 0. The summed E-state index contributed by atoms with van der Waals surface area (Å²) in [6, 6.07) is 3.10. The molecular weight excluding hydrogens is 223 g/mol. The van der Waals surface area contributed by atoms with E-state index in [1.165, 1.54) is 13.0 Å². The van der Waals surface area contributed by atoms with Gasteiger partial charge in [0.2, 0.25) is 0 Å². The number of alkyl halides is 2. The van der Waals surface area contributed by atoms with Crippen LogP contribution in [-0.2, 0) is 5.60 Å². The lowest BCUT2D eigenvalue weighted by atomic mass is 9.95. The molecule has 0 fully saturated rings. The van der Waals surface area contributed by atoms with Crippen molar-refractivity contribution in [1.82, 2.24) is 0 Å². The number of halogens is 3. The van der Waals surface area contributed by atoms with Crippen LogP contribution in [0.3, 0.4) is 0 Å². The maximum Gasteiger partial charge on any atom is 0.387 e. The molecule has 1 atom stereocenters. The van der Waals surface area contributed by atoms with E-state index in [9.17, 15) is 18.3 Å². The van der Waals surface area contributed by atoms with E-state index in [0.29, 0.717) is 0 Å². The molecule has 0 bridgehead atoms. The van der Waals surface area contributed by atoms with Crippen LogP contribution in [-0.4, -0.2) is 18.3 Å². The maximum absolute atomic E-state index is 13.4. The van der Waals surface area contributed by atoms with Gasteiger partial charge in [-0.05, 0) is 19.1 Å². The summed E-state index contributed by atoms with van der Waals surface area (Å²) in [5.74, 6) is -1.14. The van der Waals surface area contributed by atoms with Crippen LogP contribution in [0.15, 0.2) is 18.2 Å². The first-order chi connectivity index (χ1) is 7.36. The first-order valence-electron chi connectivity index (χ1n) is 4.54. The molecule has 1 aromatic rings. The largest absolute Gasteiger partial charge is 0.435 e. The molecule has 0 aromatic heterocycles. The normalized spacial score (nSPS) is 14.9. The lowest BCUT2D eigenvalue weighted by molar-refractivity contribution is -0.0500. The number of nitrogens with two attached hydrogens (primary N) is 1. The fraction of sp³-hybridized carbons (Fsp3) is 0.400. The van der Waals surface area contributed by atoms with Gasteiger partial charge in [-0.3, -0.25) is 0 Å². The van der Waals surface area contributed by atoms with E-state index < -0.39 is 18.0 Å². The van der Waals surface area contributed by atoms with Crippen molar-refractivity contribution in [2.45, 2.75) is 19.1 Å². The Morgan fingerprint density at radius 1 is 1.50 bits per heavy atom. The fourth-order valence-electron chi connectivity index (χ4n) is 1.22. The molecule has 0 heterocycles. The quantitative estimate of drug-likeness (QED) is 0.833. The van der Waals surface area contributed by atoms with Crippen molar-refractivity contribution in [1.29, 1.82) is 0 Å². The molecule has 0 radical (unpaired) electrons. The van der Waals surface area contributed by atoms with Crippen molar-refractivity contribution >= 4 is 0 Å². The molecular formula is C10H12F3NO2. The van der Waals surface area contributed by atoms with E-state index in [1.807, 2.05) is 0 Å². The lowest BCUT2D eigenvalue weighted by Gasteiger charge is -2.22. The van der Waals surface area contributed by atoms with Crippen LogP contribution in [0, 0.1) is 5.82 Å². The summed E-state index contributed by atoms with van der Waals surface area (Å²) < 4.78 is 41.1. The number of hydrogen-bond donors (Lipinski definition) is 2. The highest BCUT2D eigenvalue weighted by atomic mass is 19.3. The topological polar surface area (TPSA) is 55.5 Å². The number of aliphatic hydroxyl groups is 1. The van der Waals surface area contributed by atoms with Gasteiger partial charge >= 0.3 is 6.61 Å². The first-order valence-corrected chi connectivity index (χ1v) is 4.54. The molecule has 0 aliphatic carbocycles. The molecule has 0 saturated carbocycles. The second kappa shape index (κ2) is 4.71. The molecule has 6 heteroatoms. The smallest absolute Gasteiger partial charge is 0.387 e. The van der Waals surface area contributed by atoms with Crippen molar-refractivity contribution in [3.05, 3.63) is 29.6 Å². The van der Waals surface area contributed by atoms with Gasteiger partial charge in [-0.15, -0.1) is 0 Å². The van der Waals surface area contributed by atoms with Crippen LogP contribution < -0.4 is 10.5 Å². The van der Waals surface area contributed by atoms with Gasteiger partial charge in [0.25, 0.3) is 0 Å². The molecule has 1 rings (SSSR count). The molecule has 1 aromatic carbocycles. The fourth-order valence-corrected chi connectivity index (χ4v) is 1.22. The molecule has 0 saturated heterocycles. The SMILES string of the molecule is CC(O)(CN)c1ccc(OC(F)F)cc1F. The standard InChI is InChI=1S/C10H12F3NO2/c1-10(15,5-14)7-3-2-6(4-8(7)11)16-9(12)13/h2-4,9,15H,5,14H2,1H3. The highest BCUT2D eigenvalue weighted by Crippen LogP contribution is 2.26. The van der Waals surface area contributed by atoms with Gasteiger partial charge in [-0.25, -0.2) is 4.39 Å². The summed E-state index contributed by atoms with van der Waals surface area (Å²) in [5.41, 5.74) is 3.67. The third-order valence-electron chi connectivity index (χ3n) is 2.14. The van der Waals surface area contributed by atoms with Crippen molar-refractivity contribution < 1.29 is 23.0 Å². The molecule has 0 amide bonds. The Balaban J connectivity index is 3.00. The summed E-state index contributed by atoms with van der Waals surface area (Å²) in [6.45, 7) is -1.86. The molecule has 16 heavy (non-hydrogen) atoms. The van der Waals surface area contributed by atoms with Gasteiger partial charge in [0.05, 0.1) is 0 Å². The third-order valence-corrected chi connectivity index (χ3v) is 2.14. The predicted octanol–water partition coefficient (Wildman–Crippen LogP) is 1.59. The van der Waals surface area contributed by atoms with Crippen molar-refractivity contribution in [3.63, 3.8) is 0 Å². The van der Waals surface area contributed by atoms with Crippen molar-refractivity contribution in [2.75, 3.05) is 6.54 Å². The van der Waals surface area contributed by atoms with Crippen LogP contribution >= 0.6 is 0 Å². The molecule has 1 unspecified atom stereocenters.